The molecule has 0 heterocycles. The molecule has 2 aromatic carbocycles. The number of benzene rings is 2. The second-order valence-electron chi connectivity index (χ2n) is 5.69. The molecule has 0 aromatic heterocycles. The Bertz CT molecular complexity index is 865. The summed E-state index contributed by atoms with van der Waals surface area (Å²) in [6.45, 7) is 7.05. The molecule has 0 aliphatic carbocycles. The van der Waals surface area contributed by atoms with Crippen molar-refractivity contribution in [1.82, 2.24) is 0 Å². The smallest absolute Gasteiger partial charge is 0.262 e. The monoisotopic (exact) mass is 332 g/mol. The summed E-state index contributed by atoms with van der Waals surface area (Å²) in [6, 6.07) is 7.90. The highest BCUT2D eigenvalue weighted by molar-refractivity contribution is 7.92. The molecule has 0 unspecified atom stereocenters. The lowest BCUT2D eigenvalue weighted by Crippen LogP contribution is -2.24. The van der Waals surface area contributed by atoms with Crippen LogP contribution in [0.4, 0.5) is 5.69 Å². The van der Waals surface area contributed by atoms with Gasteiger partial charge in [0.15, 0.2) is 0 Å². The van der Waals surface area contributed by atoms with Crippen LogP contribution in [0.5, 0.6) is 0 Å². The molecule has 0 spiro atoms. The van der Waals surface area contributed by atoms with Crippen LogP contribution >= 0.6 is 0 Å². The van der Waals surface area contributed by atoms with Gasteiger partial charge in [-0.2, -0.15) is 0 Å². The quantitative estimate of drug-likeness (QED) is 0.929. The molecule has 0 saturated carbocycles. The lowest BCUT2D eigenvalue weighted by atomic mass is 10.1. The maximum Gasteiger partial charge on any atom is 0.262 e. The number of carbonyl (C=O) groups is 1. The highest BCUT2D eigenvalue weighted by Crippen LogP contribution is 2.24. The van der Waals surface area contributed by atoms with Gasteiger partial charge in [-0.15, -0.1) is 0 Å². The number of aryl methyl sites for hydroxylation is 3. The largest absolute Gasteiger partial charge is 0.545 e. The van der Waals surface area contributed by atoms with Crippen molar-refractivity contribution in [3.8, 4) is 0 Å². The Morgan fingerprint density at radius 3 is 2.04 bits per heavy atom. The van der Waals surface area contributed by atoms with E-state index in [4.69, 9.17) is 0 Å². The molecule has 2 aromatic rings. The molecule has 5 nitrogen and oxygen atoms in total. The number of carbonyl (C=O) groups excluding carboxylic acids is 1. The molecule has 1 N–H and O–H groups in total. The first kappa shape index (κ1) is 17.0. The summed E-state index contributed by atoms with van der Waals surface area (Å²) >= 11 is 0. The zero-order valence-corrected chi connectivity index (χ0v) is 14.2. The van der Waals surface area contributed by atoms with Crippen LogP contribution in [0.25, 0.3) is 0 Å². The highest BCUT2D eigenvalue weighted by atomic mass is 32.2. The van der Waals surface area contributed by atoms with E-state index in [1.54, 1.807) is 26.0 Å². The molecule has 0 fully saturated rings. The Hall–Kier alpha value is -2.34. The van der Waals surface area contributed by atoms with Gasteiger partial charge < -0.3 is 9.90 Å². The maximum atomic E-state index is 12.6. The molecular formula is C17H18NO4S-. The van der Waals surface area contributed by atoms with Crippen LogP contribution in [0.15, 0.2) is 35.2 Å². The van der Waals surface area contributed by atoms with E-state index < -0.39 is 16.0 Å². The minimum Gasteiger partial charge on any atom is -0.545 e. The van der Waals surface area contributed by atoms with Gasteiger partial charge in [0.25, 0.3) is 10.0 Å². The second-order valence-corrected chi connectivity index (χ2v) is 7.34. The molecule has 122 valence electrons. The first-order valence-corrected chi connectivity index (χ1v) is 8.52. The molecule has 0 aliphatic rings. The fraction of sp³-hybridized carbons (Fsp3) is 0.235. The van der Waals surface area contributed by atoms with Crippen molar-refractivity contribution in [1.29, 1.82) is 0 Å². The average Bonchev–Trinajstić information content (AvgIpc) is 2.39. The van der Waals surface area contributed by atoms with Gasteiger partial charge in [-0.3, -0.25) is 4.72 Å². The van der Waals surface area contributed by atoms with E-state index in [0.29, 0.717) is 16.8 Å². The molecule has 2 rings (SSSR count). The minimum atomic E-state index is -3.90. The SMILES string of the molecule is Cc1cc(C)cc(NS(=O)(=O)c2cc(C(=O)[O-])cc(C)c2C)c1. The van der Waals surface area contributed by atoms with Crippen LogP contribution in [0.1, 0.15) is 32.6 Å². The van der Waals surface area contributed by atoms with Crippen LogP contribution in [0.2, 0.25) is 0 Å². The molecule has 23 heavy (non-hydrogen) atoms. The van der Waals surface area contributed by atoms with Gasteiger partial charge in [0, 0.05) is 5.69 Å². The standard InChI is InChI=1S/C17H19NO4S/c1-10-5-11(2)7-15(6-10)18-23(21,22)16-9-14(17(19)20)8-12(3)13(16)4/h5-9,18H,1-4H3,(H,19,20)/p-1. The Kier molecular flexibility index (Phi) is 4.47. The summed E-state index contributed by atoms with van der Waals surface area (Å²) in [4.78, 5) is 11.0. The molecule has 0 saturated heterocycles. The summed E-state index contributed by atoms with van der Waals surface area (Å²) in [5, 5.41) is 11.1. The van der Waals surface area contributed by atoms with Crippen molar-refractivity contribution in [3.05, 3.63) is 58.1 Å². The number of nitrogens with one attached hydrogen (secondary N) is 1. The number of anilines is 1. The lowest BCUT2D eigenvalue weighted by Gasteiger charge is -2.15. The highest BCUT2D eigenvalue weighted by Gasteiger charge is 2.19. The van der Waals surface area contributed by atoms with Crippen LogP contribution < -0.4 is 9.83 Å². The van der Waals surface area contributed by atoms with E-state index in [1.807, 2.05) is 19.9 Å². The first-order chi connectivity index (χ1) is 10.6. The molecular weight excluding hydrogens is 314 g/mol. The second kappa shape index (κ2) is 6.04. The normalized spacial score (nSPS) is 11.3. The van der Waals surface area contributed by atoms with Crippen molar-refractivity contribution in [2.75, 3.05) is 4.72 Å². The van der Waals surface area contributed by atoms with Crippen LogP contribution in [-0.2, 0) is 10.0 Å². The molecule has 0 bridgehead atoms. The third kappa shape index (κ3) is 3.71. The van der Waals surface area contributed by atoms with Crippen LogP contribution in [0, 0.1) is 27.7 Å². The first-order valence-electron chi connectivity index (χ1n) is 7.04. The average molecular weight is 332 g/mol. The van der Waals surface area contributed by atoms with Crippen LogP contribution in [-0.4, -0.2) is 14.4 Å². The van der Waals surface area contributed by atoms with Gasteiger partial charge in [0.2, 0.25) is 0 Å². The fourth-order valence-electron chi connectivity index (χ4n) is 2.47. The third-order valence-corrected chi connectivity index (χ3v) is 5.13. The van der Waals surface area contributed by atoms with Crippen molar-refractivity contribution < 1.29 is 18.3 Å². The van der Waals surface area contributed by atoms with Gasteiger partial charge in [-0.05, 0) is 79.8 Å². The summed E-state index contributed by atoms with van der Waals surface area (Å²) in [7, 11) is -3.90. The Balaban J connectivity index is 2.53. The van der Waals surface area contributed by atoms with Crippen molar-refractivity contribution in [3.63, 3.8) is 0 Å². The summed E-state index contributed by atoms with van der Waals surface area (Å²) in [5.74, 6) is -1.41. The van der Waals surface area contributed by atoms with Crippen molar-refractivity contribution >= 4 is 21.7 Å². The number of carboxylic acids is 1. The molecule has 0 atom stereocenters. The maximum absolute atomic E-state index is 12.6. The van der Waals surface area contributed by atoms with Gasteiger partial charge in [0.05, 0.1) is 10.9 Å². The lowest BCUT2D eigenvalue weighted by molar-refractivity contribution is -0.255. The van der Waals surface area contributed by atoms with Crippen molar-refractivity contribution in [2.45, 2.75) is 32.6 Å². The Morgan fingerprint density at radius 2 is 1.52 bits per heavy atom. The topological polar surface area (TPSA) is 86.3 Å². The zero-order valence-electron chi connectivity index (χ0n) is 13.4. The van der Waals surface area contributed by atoms with Crippen LogP contribution in [0.3, 0.4) is 0 Å². The van der Waals surface area contributed by atoms with Crippen molar-refractivity contribution in [2.24, 2.45) is 0 Å². The van der Waals surface area contributed by atoms with E-state index in [1.165, 1.54) is 6.07 Å². The zero-order chi connectivity index (χ0) is 17.4. The van der Waals surface area contributed by atoms with Gasteiger partial charge in [0.1, 0.15) is 0 Å². The summed E-state index contributed by atoms with van der Waals surface area (Å²) < 4.78 is 27.8. The number of carboxylic acid groups (broad SMARTS) is 1. The van der Waals surface area contributed by atoms with E-state index in [9.17, 15) is 18.3 Å². The van der Waals surface area contributed by atoms with E-state index in [0.717, 1.165) is 17.2 Å². The number of hydrogen-bond donors (Lipinski definition) is 1. The fourth-order valence-corrected chi connectivity index (χ4v) is 3.85. The van der Waals surface area contributed by atoms with Gasteiger partial charge in [-0.25, -0.2) is 8.42 Å². The molecule has 0 aliphatic heterocycles. The number of sulfonamides is 1. The Labute approximate surface area is 136 Å². The summed E-state index contributed by atoms with van der Waals surface area (Å²) in [5.41, 5.74) is 3.23. The predicted molar refractivity (Wildman–Crippen MR) is 87.0 cm³/mol. The predicted octanol–water partition coefficient (Wildman–Crippen LogP) is 2.08. The minimum absolute atomic E-state index is 0.0594. The van der Waals surface area contributed by atoms with E-state index in [2.05, 4.69) is 4.72 Å². The number of rotatable bonds is 4. The number of aromatic carboxylic acids is 1. The summed E-state index contributed by atoms with van der Waals surface area (Å²) in [6.07, 6.45) is 0. The van der Waals surface area contributed by atoms with Gasteiger partial charge in [-0.1, -0.05) is 6.07 Å². The van der Waals surface area contributed by atoms with E-state index >= 15 is 0 Å². The Morgan fingerprint density at radius 1 is 0.957 bits per heavy atom. The third-order valence-electron chi connectivity index (χ3n) is 3.62. The van der Waals surface area contributed by atoms with Gasteiger partial charge >= 0.3 is 0 Å². The molecule has 0 radical (unpaired) electrons. The molecule has 6 heteroatoms. The molecule has 0 amide bonds. The van der Waals surface area contributed by atoms with E-state index in [-0.39, 0.29) is 10.5 Å². The number of hydrogen-bond acceptors (Lipinski definition) is 4.